The smallest absolute Gasteiger partial charge is 0.0947 e. The van der Waals surface area contributed by atoms with Crippen molar-refractivity contribution in [3.8, 4) is 11.3 Å². The molecule has 0 unspecified atom stereocenters. The van der Waals surface area contributed by atoms with Crippen molar-refractivity contribution in [3.63, 3.8) is 0 Å². The van der Waals surface area contributed by atoms with Crippen molar-refractivity contribution in [2.45, 2.75) is 6.54 Å². The molecule has 0 atom stereocenters. The van der Waals surface area contributed by atoms with Crippen molar-refractivity contribution >= 4 is 10.9 Å². The number of aromatic nitrogens is 3. The zero-order chi connectivity index (χ0) is 11.0. The van der Waals surface area contributed by atoms with Crippen LogP contribution >= 0.6 is 0 Å². The highest BCUT2D eigenvalue weighted by molar-refractivity contribution is 5.94. The highest BCUT2D eigenvalue weighted by atomic mass is 14.9. The summed E-state index contributed by atoms with van der Waals surface area (Å²) in [7, 11) is 0. The lowest BCUT2D eigenvalue weighted by Crippen LogP contribution is -1.98. The van der Waals surface area contributed by atoms with Crippen LogP contribution in [0.25, 0.3) is 22.2 Å². The number of nitrogens with one attached hydrogen (secondary N) is 2. The Labute approximate surface area is 92.5 Å². The average Bonchev–Trinajstić information content (AvgIpc) is 2.94. The minimum Gasteiger partial charge on any atom is -0.360 e. The number of rotatable bonds is 2. The second-order valence-corrected chi connectivity index (χ2v) is 3.68. The fourth-order valence-corrected chi connectivity index (χ4v) is 1.98. The first-order chi connectivity index (χ1) is 7.90. The van der Waals surface area contributed by atoms with E-state index in [0.29, 0.717) is 6.54 Å². The first-order valence-electron chi connectivity index (χ1n) is 5.19. The van der Waals surface area contributed by atoms with E-state index in [0.717, 1.165) is 22.5 Å². The van der Waals surface area contributed by atoms with Crippen LogP contribution in [0.2, 0.25) is 0 Å². The standard InChI is InChI=1S/C12H12N4/c13-5-11-12(16-7-15-11)9-6-14-10-4-2-1-3-8(9)10/h1-4,6-7,14H,5,13H2,(H,15,16). The normalized spacial score (nSPS) is 11.1. The molecule has 2 heterocycles. The zero-order valence-electron chi connectivity index (χ0n) is 8.70. The first kappa shape index (κ1) is 9.18. The SMILES string of the molecule is NCc1[nH]cnc1-c1c[nH]c2ccccc12. The monoisotopic (exact) mass is 212 g/mol. The Morgan fingerprint density at radius 3 is 2.94 bits per heavy atom. The van der Waals surface area contributed by atoms with E-state index in [1.807, 2.05) is 24.4 Å². The molecule has 2 aromatic heterocycles. The molecule has 80 valence electrons. The number of hydrogen-bond acceptors (Lipinski definition) is 2. The molecule has 3 aromatic rings. The van der Waals surface area contributed by atoms with Gasteiger partial charge in [-0.2, -0.15) is 0 Å². The maximum absolute atomic E-state index is 5.66. The molecule has 0 saturated heterocycles. The Kier molecular flexibility index (Phi) is 2.01. The van der Waals surface area contributed by atoms with Gasteiger partial charge in [0.1, 0.15) is 0 Å². The Morgan fingerprint density at radius 2 is 2.06 bits per heavy atom. The van der Waals surface area contributed by atoms with Gasteiger partial charge in [-0.15, -0.1) is 0 Å². The zero-order valence-corrected chi connectivity index (χ0v) is 8.70. The number of benzene rings is 1. The third-order valence-electron chi connectivity index (χ3n) is 2.77. The molecular formula is C12H12N4. The van der Waals surface area contributed by atoms with Crippen LogP contribution in [0.3, 0.4) is 0 Å². The maximum Gasteiger partial charge on any atom is 0.0947 e. The fourth-order valence-electron chi connectivity index (χ4n) is 1.98. The van der Waals surface area contributed by atoms with Crippen LogP contribution in [0.5, 0.6) is 0 Å². The van der Waals surface area contributed by atoms with E-state index in [1.165, 1.54) is 5.39 Å². The predicted octanol–water partition coefficient (Wildman–Crippen LogP) is 2.02. The predicted molar refractivity (Wildman–Crippen MR) is 63.8 cm³/mol. The third-order valence-corrected chi connectivity index (χ3v) is 2.77. The molecule has 0 aliphatic heterocycles. The highest BCUT2D eigenvalue weighted by Crippen LogP contribution is 2.28. The van der Waals surface area contributed by atoms with Crippen molar-refractivity contribution in [2.24, 2.45) is 5.73 Å². The van der Waals surface area contributed by atoms with E-state index < -0.39 is 0 Å². The summed E-state index contributed by atoms with van der Waals surface area (Å²) in [6.45, 7) is 0.467. The topological polar surface area (TPSA) is 70.5 Å². The molecule has 4 N–H and O–H groups in total. The second-order valence-electron chi connectivity index (χ2n) is 3.68. The number of nitrogens with zero attached hydrogens (tertiary/aromatic N) is 1. The number of para-hydroxylation sites is 1. The first-order valence-corrected chi connectivity index (χ1v) is 5.19. The lowest BCUT2D eigenvalue weighted by atomic mass is 10.1. The molecule has 3 rings (SSSR count). The van der Waals surface area contributed by atoms with E-state index in [9.17, 15) is 0 Å². The summed E-state index contributed by atoms with van der Waals surface area (Å²) < 4.78 is 0. The van der Waals surface area contributed by atoms with Gasteiger partial charge < -0.3 is 15.7 Å². The largest absolute Gasteiger partial charge is 0.360 e. The number of aromatic amines is 2. The van der Waals surface area contributed by atoms with Gasteiger partial charge in [0.25, 0.3) is 0 Å². The average molecular weight is 212 g/mol. The molecule has 0 radical (unpaired) electrons. The van der Waals surface area contributed by atoms with Crippen molar-refractivity contribution in [3.05, 3.63) is 42.5 Å². The molecule has 1 aromatic carbocycles. The number of hydrogen-bond donors (Lipinski definition) is 3. The van der Waals surface area contributed by atoms with Gasteiger partial charge in [0.2, 0.25) is 0 Å². The molecule has 0 spiro atoms. The van der Waals surface area contributed by atoms with Crippen molar-refractivity contribution in [1.82, 2.24) is 15.0 Å². The number of fused-ring (bicyclic) bond motifs is 1. The van der Waals surface area contributed by atoms with Crippen molar-refractivity contribution in [1.29, 1.82) is 0 Å². The molecule has 0 aliphatic rings. The van der Waals surface area contributed by atoms with Gasteiger partial charge in [-0.25, -0.2) is 4.98 Å². The number of imidazole rings is 1. The van der Waals surface area contributed by atoms with Gasteiger partial charge in [-0.3, -0.25) is 0 Å². The Morgan fingerprint density at radius 1 is 1.19 bits per heavy atom. The van der Waals surface area contributed by atoms with Crippen LogP contribution in [0.15, 0.2) is 36.8 Å². The summed E-state index contributed by atoms with van der Waals surface area (Å²) in [6, 6.07) is 8.16. The Hall–Kier alpha value is -2.07. The summed E-state index contributed by atoms with van der Waals surface area (Å²) in [5.41, 5.74) is 9.77. The van der Waals surface area contributed by atoms with E-state index in [2.05, 4.69) is 21.0 Å². The lowest BCUT2D eigenvalue weighted by molar-refractivity contribution is 1.01. The fraction of sp³-hybridized carbons (Fsp3) is 0.0833. The van der Waals surface area contributed by atoms with Gasteiger partial charge in [-0.05, 0) is 6.07 Å². The van der Waals surface area contributed by atoms with Gasteiger partial charge in [0, 0.05) is 29.2 Å². The summed E-state index contributed by atoms with van der Waals surface area (Å²) in [4.78, 5) is 10.6. The maximum atomic E-state index is 5.66. The van der Waals surface area contributed by atoms with Crippen molar-refractivity contribution < 1.29 is 0 Å². The van der Waals surface area contributed by atoms with Crippen LogP contribution in [-0.4, -0.2) is 15.0 Å². The molecule has 0 saturated carbocycles. The Bertz CT molecular complexity index is 621. The molecule has 0 bridgehead atoms. The quantitative estimate of drug-likeness (QED) is 0.608. The van der Waals surface area contributed by atoms with E-state index in [-0.39, 0.29) is 0 Å². The minimum atomic E-state index is 0.467. The number of nitrogens with two attached hydrogens (primary N) is 1. The summed E-state index contributed by atoms with van der Waals surface area (Å²) in [5.74, 6) is 0. The number of H-pyrrole nitrogens is 2. The third kappa shape index (κ3) is 1.24. The summed E-state index contributed by atoms with van der Waals surface area (Å²) in [6.07, 6.45) is 3.65. The molecule has 0 aliphatic carbocycles. The van der Waals surface area contributed by atoms with E-state index >= 15 is 0 Å². The summed E-state index contributed by atoms with van der Waals surface area (Å²) in [5, 5.41) is 1.17. The van der Waals surface area contributed by atoms with Gasteiger partial charge >= 0.3 is 0 Å². The van der Waals surface area contributed by atoms with Gasteiger partial charge in [0.15, 0.2) is 0 Å². The molecule has 0 fully saturated rings. The molecular weight excluding hydrogens is 200 g/mol. The van der Waals surface area contributed by atoms with E-state index in [1.54, 1.807) is 6.33 Å². The van der Waals surface area contributed by atoms with Crippen LogP contribution < -0.4 is 5.73 Å². The van der Waals surface area contributed by atoms with Crippen LogP contribution in [0.4, 0.5) is 0 Å². The minimum absolute atomic E-state index is 0.467. The van der Waals surface area contributed by atoms with Crippen LogP contribution in [0.1, 0.15) is 5.69 Å². The van der Waals surface area contributed by atoms with Crippen molar-refractivity contribution in [2.75, 3.05) is 0 Å². The Balaban J connectivity index is 2.26. The highest BCUT2D eigenvalue weighted by Gasteiger charge is 2.11. The second kappa shape index (κ2) is 3.50. The summed E-state index contributed by atoms with van der Waals surface area (Å²) >= 11 is 0. The lowest BCUT2D eigenvalue weighted by Gasteiger charge is -1.98. The molecule has 0 amide bonds. The van der Waals surface area contributed by atoms with Crippen LogP contribution in [-0.2, 0) is 6.54 Å². The molecule has 4 heteroatoms. The van der Waals surface area contributed by atoms with Crippen LogP contribution in [0, 0.1) is 0 Å². The molecule has 16 heavy (non-hydrogen) atoms. The van der Waals surface area contributed by atoms with Gasteiger partial charge in [-0.1, -0.05) is 18.2 Å². The van der Waals surface area contributed by atoms with E-state index in [4.69, 9.17) is 5.73 Å². The molecule has 4 nitrogen and oxygen atoms in total. The van der Waals surface area contributed by atoms with Gasteiger partial charge in [0.05, 0.1) is 17.7 Å².